The second kappa shape index (κ2) is 4.28. The van der Waals surface area contributed by atoms with Crippen molar-refractivity contribution in [1.82, 2.24) is 4.90 Å². The van der Waals surface area contributed by atoms with Crippen LogP contribution in [-0.4, -0.2) is 43.2 Å². The molecule has 4 heteroatoms. The fraction of sp³-hybridized carbons (Fsp3) is 0.900. The number of rotatable bonds is 3. The Hall–Kier alpha value is -0.610. The average molecular weight is 198 g/mol. The SMILES string of the molecule is NC1CN(CCC2CCOCC2)C1=O. The third kappa shape index (κ3) is 2.07. The minimum Gasteiger partial charge on any atom is -0.381 e. The van der Waals surface area contributed by atoms with Crippen molar-refractivity contribution in [3.05, 3.63) is 0 Å². The third-order valence-electron chi connectivity index (χ3n) is 3.19. The van der Waals surface area contributed by atoms with Gasteiger partial charge in [-0.15, -0.1) is 0 Å². The molecule has 2 aliphatic heterocycles. The van der Waals surface area contributed by atoms with E-state index in [-0.39, 0.29) is 11.9 Å². The lowest BCUT2D eigenvalue weighted by atomic mass is 9.95. The zero-order valence-electron chi connectivity index (χ0n) is 8.45. The van der Waals surface area contributed by atoms with Gasteiger partial charge in [0.05, 0.1) is 0 Å². The van der Waals surface area contributed by atoms with E-state index in [1.54, 1.807) is 0 Å². The highest BCUT2D eigenvalue weighted by molar-refractivity contribution is 5.87. The van der Waals surface area contributed by atoms with E-state index in [9.17, 15) is 4.79 Å². The molecule has 0 bridgehead atoms. The molecule has 1 amide bonds. The van der Waals surface area contributed by atoms with Crippen molar-refractivity contribution in [3.63, 3.8) is 0 Å². The summed E-state index contributed by atoms with van der Waals surface area (Å²) in [5.74, 6) is 0.866. The van der Waals surface area contributed by atoms with Crippen LogP contribution in [0, 0.1) is 5.92 Å². The molecule has 1 atom stereocenters. The highest BCUT2D eigenvalue weighted by Gasteiger charge is 2.33. The first kappa shape index (κ1) is 9.93. The van der Waals surface area contributed by atoms with Gasteiger partial charge in [0.2, 0.25) is 5.91 Å². The number of carbonyl (C=O) groups is 1. The van der Waals surface area contributed by atoms with Gasteiger partial charge in [-0.3, -0.25) is 4.79 Å². The quantitative estimate of drug-likeness (QED) is 0.648. The first-order valence-electron chi connectivity index (χ1n) is 5.39. The molecule has 14 heavy (non-hydrogen) atoms. The molecule has 0 aromatic rings. The number of likely N-dealkylation sites (tertiary alicyclic amines) is 1. The van der Waals surface area contributed by atoms with E-state index in [2.05, 4.69) is 0 Å². The molecule has 0 radical (unpaired) electrons. The molecule has 2 N–H and O–H groups in total. The molecule has 2 aliphatic rings. The number of nitrogens with two attached hydrogens (primary N) is 1. The molecule has 0 saturated carbocycles. The standard InChI is InChI=1S/C10H18N2O2/c11-9-7-12(10(9)13)4-1-8-2-5-14-6-3-8/h8-9H,1-7,11H2. The van der Waals surface area contributed by atoms with Gasteiger partial charge in [-0.2, -0.15) is 0 Å². The number of carbonyl (C=O) groups excluding carboxylic acids is 1. The first-order valence-corrected chi connectivity index (χ1v) is 5.39. The summed E-state index contributed by atoms with van der Waals surface area (Å²) < 4.78 is 5.28. The summed E-state index contributed by atoms with van der Waals surface area (Å²) in [5, 5.41) is 0. The summed E-state index contributed by atoms with van der Waals surface area (Å²) in [6.07, 6.45) is 3.41. The molecule has 80 valence electrons. The van der Waals surface area contributed by atoms with Gasteiger partial charge in [-0.25, -0.2) is 0 Å². The molecule has 0 aliphatic carbocycles. The summed E-state index contributed by atoms with van der Waals surface area (Å²) in [5.41, 5.74) is 5.51. The van der Waals surface area contributed by atoms with Crippen molar-refractivity contribution in [1.29, 1.82) is 0 Å². The maximum absolute atomic E-state index is 11.2. The lowest BCUT2D eigenvalue weighted by Gasteiger charge is -2.37. The van der Waals surface area contributed by atoms with E-state index in [1.807, 2.05) is 4.90 Å². The summed E-state index contributed by atoms with van der Waals surface area (Å²) in [7, 11) is 0. The summed E-state index contributed by atoms with van der Waals surface area (Å²) in [6, 6.07) is -0.218. The number of β-lactam (4-membered cyclic amide) rings is 1. The van der Waals surface area contributed by atoms with Gasteiger partial charge in [0, 0.05) is 26.3 Å². The number of hydrogen-bond acceptors (Lipinski definition) is 3. The van der Waals surface area contributed by atoms with Crippen LogP contribution in [0.15, 0.2) is 0 Å². The first-order chi connectivity index (χ1) is 6.77. The van der Waals surface area contributed by atoms with Gasteiger partial charge in [-0.05, 0) is 25.2 Å². The normalized spacial score (nSPS) is 29.1. The van der Waals surface area contributed by atoms with Crippen molar-refractivity contribution < 1.29 is 9.53 Å². The Morgan fingerprint density at radius 3 is 2.71 bits per heavy atom. The largest absolute Gasteiger partial charge is 0.381 e. The van der Waals surface area contributed by atoms with Gasteiger partial charge in [0.15, 0.2) is 0 Å². The second-order valence-electron chi connectivity index (χ2n) is 4.24. The van der Waals surface area contributed by atoms with Crippen LogP contribution in [0.25, 0.3) is 0 Å². The van der Waals surface area contributed by atoms with Crippen molar-refractivity contribution >= 4 is 5.91 Å². The number of ether oxygens (including phenoxy) is 1. The monoisotopic (exact) mass is 198 g/mol. The van der Waals surface area contributed by atoms with E-state index in [0.29, 0.717) is 0 Å². The van der Waals surface area contributed by atoms with Gasteiger partial charge < -0.3 is 15.4 Å². The average Bonchev–Trinajstić information content (AvgIpc) is 2.25. The van der Waals surface area contributed by atoms with Gasteiger partial charge >= 0.3 is 0 Å². The fourth-order valence-electron chi connectivity index (χ4n) is 2.10. The zero-order chi connectivity index (χ0) is 9.97. The number of hydrogen-bond donors (Lipinski definition) is 1. The molecule has 4 nitrogen and oxygen atoms in total. The van der Waals surface area contributed by atoms with Gasteiger partial charge in [0.25, 0.3) is 0 Å². The molecule has 2 rings (SSSR count). The summed E-state index contributed by atoms with van der Waals surface area (Å²) >= 11 is 0. The number of nitrogens with zero attached hydrogens (tertiary/aromatic N) is 1. The van der Waals surface area contributed by atoms with E-state index in [4.69, 9.17) is 10.5 Å². The van der Waals surface area contributed by atoms with E-state index in [1.165, 1.54) is 0 Å². The fourth-order valence-corrected chi connectivity index (χ4v) is 2.10. The Morgan fingerprint density at radius 2 is 2.14 bits per heavy atom. The summed E-state index contributed by atoms with van der Waals surface area (Å²) in [4.78, 5) is 13.1. The molecule has 2 heterocycles. The second-order valence-corrected chi connectivity index (χ2v) is 4.24. The Bertz CT molecular complexity index is 214. The Balaban J connectivity index is 1.65. The smallest absolute Gasteiger partial charge is 0.241 e. The van der Waals surface area contributed by atoms with Crippen molar-refractivity contribution in [2.45, 2.75) is 25.3 Å². The van der Waals surface area contributed by atoms with Crippen LogP contribution < -0.4 is 5.73 Å². The van der Waals surface area contributed by atoms with E-state index >= 15 is 0 Å². The minimum atomic E-state index is -0.218. The molecule has 2 saturated heterocycles. The maximum Gasteiger partial charge on any atom is 0.241 e. The third-order valence-corrected chi connectivity index (χ3v) is 3.19. The maximum atomic E-state index is 11.2. The molecule has 0 aromatic heterocycles. The highest BCUT2D eigenvalue weighted by Crippen LogP contribution is 2.20. The highest BCUT2D eigenvalue weighted by atomic mass is 16.5. The van der Waals surface area contributed by atoms with Crippen LogP contribution in [0.1, 0.15) is 19.3 Å². The predicted octanol–water partition coefficient (Wildman–Crippen LogP) is -0.0274. The minimum absolute atomic E-state index is 0.122. The Morgan fingerprint density at radius 1 is 1.43 bits per heavy atom. The van der Waals surface area contributed by atoms with Crippen molar-refractivity contribution in [3.8, 4) is 0 Å². The van der Waals surface area contributed by atoms with Gasteiger partial charge in [-0.1, -0.05) is 0 Å². The topological polar surface area (TPSA) is 55.6 Å². The molecule has 0 aromatic carbocycles. The van der Waals surface area contributed by atoms with Crippen LogP contribution in [0.5, 0.6) is 0 Å². The van der Waals surface area contributed by atoms with Crippen LogP contribution >= 0.6 is 0 Å². The molecule has 0 spiro atoms. The van der Waals surface area contributed by atoms with Crippen molar-refractivity contribution in [2.24, 2.45) is 11.7 Å². The lowest BCUT2D eigenvalue weighted by molar-refractivity contribution is -0.142. The number of amides is 1. The molecule has 1 unspecified atom stereocenters. The van der Waals surface area contributed by atoms with Crippen LogP contribution in [-0.2, 0) is 9.53 Å². The van der Waals surface area contributed by atoms with E-state index in [0.717, 1.165) is 51.5 Å². The molecular formula is C10H18N2O2. The van der Waals surface area contributed by atoms with Crippen LogP contribution in [0.3, 0.4) is 0 Å². The Labute approximate surface area is 84.4 Å². The Kier molecular flexibility index (Phi) is 3.03. The van der Waals surface area contributed by atoms with Crippen LogP contribution in [0.4, 0.5) is 0 Å². The lowest BCUT2D eigenvalue weighted by Crippen LogP contribution is -2.61. The molecular weight excluding hydrogens is 180 g/mol. The van der Waals surface area contributed by atoms with Gasteiger partial charge in [0.1, 0.15) is 6.04 Å². The summed E-state index contributed by atoms with van der Waals surface area (Å²) in [6.45, 7) is 3.41. The molecule has 2 fully saturated rings. The predicted molar refractivity (Wildman–Crippen MR) is 52.7 cm³/mol. The van der Waals surface area contributed by atoms with Crippen molar-refractivity contribution in [2.75, 3.05) is 26.3 Å². The van der Waals surface area contributed by atoms with E-state index < -0.39 is 0 Å². The van der Waals surface area contributed by atoms with Crippen LogP contribution in [0.2, 0.25) is 0 Å². The zero-order valence-corrected chi connectivity index (χ0v) is 8.45.